The molecule has 0 saturated carbocycles. The van der Waals surface area contributed by atoms with Crippen molar-refractivity contribution >= 4 is 5.91 Å². The second kappa shape index (κ2) is 6.76. The van der Waals surface area contributed by atoms with Crippen LogP contribution in [0.4, 0.5) is 0 Å². The first kappa shape index (κ1) is 14.3. The molecule has 0 heterocycles. The van der Waals surface area contributed by atoms with Crippen molar-refractivity contribution in [2.24, 2.45) is 5.92 Å². The molecule has 0 aromatic heterocycles. The maximum Gasteiger partial charge on any atom is 0.233 e. The summed E-state index contributed by atoms with van der Waals surface area (Å²) in [5.74, 6) is 0.326. The van der Waals surface area contributed by atoms with Crippen LogP contribution in [0.25, 0.3) is 0 Å². The molecule has 0 fully saturated rings. The summed E-state index contributed by atoms with van der Waals surface area (Å²) in [6.45, 7) is 6.21. The van der Waals surface area contributed by atoms with Gasteiger partial charge >= 0.3 is 0 Å². The highest BCUT2D eigenvalue weighted by molar-refractivity contribution is 5.77. The van der Waals surface area contributed by atoms with Crippen LogP contribution in [0.1, 0.15) is 20.8 Å². The number of nitrogens with one attached hydrogen (secondary N) is 2. The third-order valence-corrected chi connectivity index (χ3v) is 1.84. The number of rotatable bonds is 7. The van der Waals surface area contributed by atoms with Crippen LogP contribution in [0.15, 0.2) is 0 Å². The van der Waals surface area contributed by atoms with E-state index in [1.807, 2.05) is 13.8 Å². The molecular formula is C10H22N2O3. The Balaban J connectivity index is 3.55. The van der Waals surface area contributed by atoms with Crippen LogP contribution < -0.4 is 10.6 Å². The molecule has 15 heavy (non-hydrogen) atoms. The van der Waals surface area contributed by atoms with Gasteiger partial charge < -0.3 is 20.8 Å². The smallest absolute Gasteiger partial charge is 0.233 e. The Bertz CT molecular complexity index is 193. The third kappa shape index (κ3) is 8.35. The molecule has 0 aromatic carbocycles. The Morgan fingerprint density at radius 1 is 1.47 bits per heavy atom. The average molecular weight is 218 g/mol. The first-order valence-corrected chi connectivity index (χ1v) is 5.18. The second-order valence-corrected chi connectivity index (χ2v) is 4.46. The number of carbonyl (C=O) groups excluding carboxylic acids is 1. The summed E-state index contributed by atoms with van der Waals surface area (Å²) >= 11 is 0. The fourth-order valence-electron chi connectivity index (χ4n) is 0.882. The quantitative estimate of drug-likeness (QED) is 0.446. The zero-order chi connectivity index (χ0) is 11.9. The van der Waals surface area contributed by atoms with E-state index >= 15 is 0 Å². The van der Waals surface area contributed by atoms with E-state index in [1.54, 1.807) is 0 Å². The number of aliphatic hydroxyl groups is 2. The molecule has 1 atom stereocenters. The van der Waals surface area contributed by atoms with E-state index in [4.69, 9.17) is 5.11 Å². The SMILES string of the molecule is CC(C)CNC(=O)CNCC(C)(O)CO. The van der Waals surface area contributed by atoms with E-state index in [1.165, 1.54) is 6.92 Å². The number of amides is 1. The molecule has 90 valence electrons. The summed E-state index contributed by atoms with van der Waals surface area (Å²) in [6.07, 6.45) is 0. The lowest BCUT2D eigenvalue weighted by molar-refractivity contribution is -0.120. The molecule has 0 aliphatic carbocycles. The summed E-state index contributed by atoms with van der Waals surface area (Å²) in [5, 5.41) is 23.7. The van der Waals surface area contributed by atoms with Crippen LogP contribution in [-0.2, 0) is 4.79 Å². The molecule has 4 N–H and O–H groups in total. The van der Waals surface area contributed by atoms with E-state index in [0.717, 1.165) is 0 Å². The summed E-state index contributed by atoms with van der Waals surface area (Å²) in [7, 11) is 0. The minimum atomic E-state index is -1.17. The lowest BCUT2D eigenvalue weighted by Gasteiger charge is -2.20. The van der Waals surface area contributed by atoms with Gasteiger partial charge in [-0.1, -0.05) is 13.8 Å². The molecule has 5 nitrogen and oxygen atoms in total. The molecule has 0 aromatic rings. The van der Waals surface area contributed by atoms with Crippen molar-refractivity contribution < 1.29 is 15.0 Å². The molecule has 0 aliphatic rings. The highest BCUT2D eigenvalue weighted by Gasteiger charge is 2.18. The summed E-state index contributed by atoms with van der Waals surface area (Å²) < 4.78 is 0. The molecule has 0 saturated heterocycles. The van der Waals surface area contributed by atoms with Gasteiger partial charge in [0.1, 0.15) is 0 Å². The van der Waals surface area contributed by atoms with Gasteiger partial charge in [0.15, 0.2) is 0 Å². The Hall–Kier alpha value is -0.650. The maximum atomic E-state index is 11.2. The van der Waals surface area contributed by atoms with Gasteiger partial charge in [-0.2, -0.15) is 0 Å². The van der Waals surface area contributed by atoms with Gasteiger partial charge in [0, 0.05) is 13.1 Å². The average Bonchev–Trinajstić information content (AvgIpc) is 2.14. The van der Waals surface area contributed by atoms with Gasteiger partial charge in [-0.15, -0.1) is 0 Å². The first-order valence-electron chi connectivity index (χ1n) is 5.18. The molecule has 0 bridgehead atoms. The fraction of sp³-hybridized carbons (Fsp3) is 0.900. The van der Waals surface area contributed by atoms with E-state index in [2.05, 4.69) is 10.6 Å². The molecule has 1 amide bonds. The van der Waals surface area contributed by atoms with Gasteiger partial charge in [-0.3, -0.25) is 4.79 Å². The number of aliphatic hydroxyl groups excluding tert-OH is 1. The molecule has 0 radical (unpaired) electrons. The van der Waals surface area contributed by atoms with Gasteiger partial charge in [0.25, 0.3) is 0 Å². The van der Waals surface area contributed by atoms with Gasteiger partial charge in [-0.25, -0.2) is 0 Å². The Kier molecular flexibility index (Phi) is 6.47. The number of hydrogen-bond donors (Lipinski definition) is 4. The normalized spacial score (nSPS) is 15.1. The van der Waals surface area contributed by atoms with Gasteiger partial charge in [-0.05, 0) is 12.8 Å². The minimum Gasteiger partial charge on any atom is -0.393 e. The third-order valence-electron chi connectivity index (χ3n) is 1.84. The number of hydrogen-bond acceptors (Lipinski definition) is 4. The van der Waals surface area contributed by atoms with E-state index in [9.17, 15) is 9.90 Å². The predicted octanol–water partition coefficient (Wildman–Crippen LogP) is -0.908. The van der Waals surface area contributed by atoms with Crippen molar-refractivity contribution in [3.05, 3.63) is 0 Å². The van der Waals surface area contributed by atoms with Crippen LogP contribution in [0.3, 0.4) is 0 Å². The van der Waals surface area contributed by atoms with Crippen LogP contribution in [0.2, 0.25) is 0 Å². The molecular weight excluding hydrogens is 196 g/mol. The molecule has 5 heteroatoms. The highest BCUT2D eigenvalue weighted by atomic mass is 16.3. The lowest BCUT2D eigenvalue weighted by atomic mass is 10.1. The zero-order valence-electron chi connectivity index (χ0n) is 9.71. The van der Waals surface area contributed by atoms with Crippen LogP contribution >= 0.6 is 0 Å². The van der Waals surface area contributed by atoms with Crippen molar-refractivity contribution in [3.63, 3.8) is 0 Å². The van der Waals surface area contributed by atoms with Gasteiger partial charge in [0.2, 0.25) is 5.91 Å². The Morgan fingerprint density at radius 3 is 2.53 bits per heavy atom. The minimum absolute atomic E-state index is 0.0996. The van der Waals surface area contributed by atoms with Crippen molar-refractivity contribution in [1.29, 1.82) is 0 Å². The van der Waals surface area contributed by atoms with Gasteiger partial charge in [0.05, 0.1) is 18.8 Å². The van der Waals surface area contributed by atoms with E-state index < -0.39 is 5.60 Å². The zero-order valence-corrected chi connectivity index (χ0v) is 9.71. The van der Waals surface area contributed by atoms with Crippen LogP contribution in [-0.4, -0.2) is 48.0 Å². The number of carbonyl (C=O) groups is 1. The Morgan fingerprint density at radius 2 is 2.07 bits per heavy atom. The van der Waals surface area contributed by atoms with E-state index in [0.29, 0.717) is 12.5 Å². The molecule has 0 spiro atoms. The highest BCUT2D eigenvalue weighted by Crippen LogP contribution is 1.97. The summed E-state index contributed by atoms with van der Waals surface area (Å²) in [6, 6.07) is 0. The monoisotopic (exact) mass is 218 g/mol. The molecule has 1 unspecified atom stereocenters. The second-order valence-electron chi connectivity index (χ2n) is 4.46. The Labute approximate surface area is 90.9 Å². The standard InChI is InChI=1S/C10H22N2O3/c1-8(2)4-12-9(14)5-11-6-10(3,15)7-13/h8,11,13,15H,4-7H2,1-3H3,(H,12,14). The predicted molar refractivity (Wildman–Crippen MR) is 58.4 cm³/mol. The largest absolute Gasteiger partial charge is 0.393 e. The van der Waals surface area contributed by atoms with Crippen molar-refractivity contribution in [2.75, 3.05) is 26.2 Å². The van der Waals surface area contributed by atoms with Crippen molar-refractivity contribution in [1.82, 2.24) is 10.6 Å². The first-order chi connectivity index (χ1) is 6.87. The molecule has 0 rings (SSSR count). The van der Waals surface area contributed by atoms with Crippen LogP contribution in [0.5, 0.6) is 0 Å². The fourth-order valence-corrected chi connectivity index (χ4v) is 0.882. The van der Waals surface area contributed by atoms with Crippen LogP contribution in [0, 0.1) is 5.92 Å². The summed E-state index contributed by atoms with van der Waals surface area (Å²) in [4.78, 5) is 11.2. The molecule has 0 aliphatic heterocycles. The van der Waals surface area contributed by atoms with Crippen molar-refractivity contribution in [2.45, 2.75) is 26.4 Å². The maximum absolute atomic E-state index is 11.2. The topological polar surface area (TPSA) is 81.6 Å². The lowest BCUT2D eigenvalue weighted by Crippen LogP contribution is -2.44. The van der Waals surface area contributed by atoms with E-state index in [-0.39, 0.29) is 25.6 Å². The van der Waals surface area contributed by atoms with Crippen molar-refractivity contribution in [3.8, 4) is 0 Å². The summed E-state index contributed by atoms with van der Waals surface area (Å²) in [5.41, 5.74) is -1.17.